The van der Waals surface area contributed by atoms with Crippen LogP contribution < -0.4 is 18.9 Å². The van der Waals surface area contributed by atoms with Crippen LogP contribution in [0.5, 0.6) is 34.8 Å². The number of carboxylic acid groups (broad SMARTS) is 2. The van der Waals surface area contributed by atoms with Crippen molar-refractivity contribution < 1.29 is 43.1 Å². The lowest BCUT2D eigenvalue weighted by Crippen LogP contribution is -2.28. The standard InChI is InChI=1S/C23H23FN2O4.C23H24N2O4/c1-26(16-23(27)28)15-13-21(17-5-7-18(24)8-6-17)29-19-9-11-20(12-10-19)30-22-4-2-3-14-25-22;1-25(17-23(26)27)16-14-21(18-7-3-2-4-8-18)28-19-10-12-20(13-11-19)29-22-9-5-6-15-24-22/h2-12,14,21H,13,15-16H2,1H3,(H,27,28);2-13,15,21H,14,16-17H2,1H3,(H,26,27). The summed E-state index contributed by atoms with van der Waals surface area (Å²) in [5.41, 5.74) is 1.86. The van der Waals surface area contributed by atoms with E-state index in [9.17, 15) is 14.0 Å². The van der Waals surface area contributed by atoms with E-state index in [0.717, 1.165) is 11.1 Å². The zero-order valence-corrected chi connectivity index (χ0v) is 32.8. The van der Waals surface area contributed by atoms with Gasteiger partial charge in [0.2, 0.25) is 11.8 Å². The predicted octanol–water partition coefficient (Wildman–Crippen LogP) is 8.94. The Morgan fingerprint density at radius 3 is 1.32 bits per heavy atom. The van der Waals surface area contributed by atoms with Gasteiger partial charge in [-0.3, -0.25) is 19.4 Å². The quantitative estimate of drug-likeness (QED) is 0.0761. The number of rotatable bonds is 20. The van der Waals surface area contributed by atoms with Crippen LogP contribution in [0.1, 0.15) is 36.2 Å². The molecule has 0 amide bonds. The number of carbonyl (C=O) groups is 2. The number of hydrogen-bond donors (Lipinski definition) is 2. The molecule has 13 heteroatoms. The van der Waals surface area contributed by atoms with Crippen LogP contribution in [0.2, 0.25) is 0 Å². The Morgan fingerprint density at radius 1 is 0.542 bits per heavy atom. The minimum atomic E-state index is -0.889. The lowest BCUT2D eigenvalue weighted by atomic mass is 10.1. The van der Waals surface area contributed by atoms with Crippen LogP contribution in [0.4, 0.5) is 4.39 Å². The van der Waals surface area contributed by atoms with Gasteiger partial charge in [-0.2, -0.15) is 0 Å². The van der Waals surface area contributed by atoms with Gasteiger partial charge in [0.15, 0.2) is 0 Å². The fourth-order valence-corrected chi connectivity index (χ4v) is 5.79. The number of nitrogens with zero attached hydrogens (tertiary/aromatic N) is 4. The van der Waals surface area contributed by atoms with Gasteiger partial charge in [-0.25, -0.2) is 14.4 Å². The maximum absolute atomic E-state index is 13.3. The Bertz CT molecular complexity index is 2130. The maximum Gasteiger partial charge on any atom is 0.317 e. The zero-order chi connectivity index (χ0) is 41.8. The molecule has 6 rings (SSSR count). The molecule has 2 N–H and O–H groups in total. The highest BCUT2D eigenvalue weighted by Gasteiger charge is 2.18. The van der Waals surface area contributed by atoms with E-state index in [1.165, 1.54) is 12.1 Å². The zero-order valence-electron chi connectivity index (χ0n) is 32.8. The maximum atomic E-state index is 13.3. The molecule has 59 heavy (non-hydrogen) atoms. The normalized spacial score (nSPS) is 11.8. The predicted molar refractivity (Wildman–Crippen MR) is 221 cm³/mol. The highest BCUT2D eigenvalue weighted by Crippen LogP contribution is 2.30. The number of carboxylic acids is 2. The summed E-state index contributed by atoms with van der Waals surface area (Å²) in [6, 6.07) is 41.5. The third-order valence-electron chi connectivity index (χ3n) is 8.69. The van der Waals surface area contributed by atoms with Crippen LogP contribution >= 0.6 is 0 Å². The van der Waals surface area contributed by atoms with E-state index in [0.29, 0.717) is 60.7 Å². The smallest absolute Gasteiger partial charge is 0.317 e. The molecule has 0 radical (unpaired) electrons. The summed E-state index contributed by atoms with van der Waals surface area (Å²) in [4.78, 5) is 33.5. The largest absolute Gasteiger partial charge is 0.486 e. The Labute approximate surface area is 343 Å². The molecule has 2 heterocycles. The first-order chi connectivity index (χ1) is 28.6. The van der Waals surface area contributed by atoms with Gasteiger partial charge in [0.05, 0.1) is 13.1 Å². The Balaban J connectivity index is 0.000000224. The molecular formula is C46H47FN4O8. The summed E-state index contributed by atoms with van der Waals surface area (Å²) in [6.45, 7) is 1.05. The lowest BCUT2D eigenvalue weighted by molar-refractivity contribution is -0.139. The summed E-state index contributed by atoms with van der Waals surface area (Å²) in [5, 5.41) is 17.9. The van der Waals surface area contributed by atoms with Gasteiger partial charge >= 0.3 is 11.9 Å². The van der Waals surface area contributed by atoms with E-state index in [2.05, 4.69) is 9.97 Å². The molecule has 306 valence electrons. The highest BCUT2D eigenvalue weighted by molar-refractivity contribution is 5.69. The number of likely N-dealkylation sites (N-methyl/N-ethyl adjacent to an activating group) is 2. The second-order valence-corrected chi connectivity index (χ2v) is 13.5. The van der Waals surface area contributed by atoms with Crippen LogP contribution in [-0.4, -0.2) is 82.2 Å². The molecule has 0 aliphatic rings. The van der Waals surface area contributed by atoms with Gasteiger partial charge in [0.1, 0.15) is 41.0 Å². The van der Waals surface area contributed by atoms with Gasteiger partial charge in [0, 0.05) is 50.5 Å². The van der Waals surface area contributed by atoms with Crippen molar-refractivity contribution in [2.75, 3.05) is 40.3 Å². The van der Waals surface area contributed by atoms with Crippen molar-refractivity contribution in [1.29, 1.82) is 0 Å². The topological polar surface area (TPSA) is 144 Å². The Hall–Kier alpha value is -6.83. The molecule has 0 saturated heterocycles. The number of halogens is 1. The number of pyridine rings is 2. The van der Waals surface area contributed by atoms with Crippen LogP contribution in [0.15, 0.2) is 152 Å². The first-order valence-corrected chi connectivity index (χ1v) is 18.9. The minimum Gasteiger partial charge on any atom is -0.486 e. The van der Waals surface area contributed by atoms with Crippen LogP contribution in [0, 0.1) is 5.82 Å². The van der Waals surface area contributed by atoms with Crippen LogP contribution in [0.3, 0.4) is 0 Å². The fraction of sp³-hybridized carbons (Fsp3) is 0.217. The van der Waals surface area contributed by atoms with Crippen molar-refractivity contribution in [3.05, 3.63) is 169 Å². The average Bonchev–Trinajstić information content (AvgIpc) is 3.23. The fourth-order valence-electron chi connectivity index (χ4n) is 5.79. The molecule has 0 bridgehead atoms. The van der Waals surface area contributed by atoms with E-state index >= 15 is 0 Å². The molecule has 0 fully saturated rings. The third kappa shape index (κ3) is 15.6. The molecule has 4 aromatic carbocycles. The number of hydrogen-bond acceptors (Lipinski definition) is 10. The average molecular weight is 803 g/mol. The number of aromatic nitrogens is 2. The third-order valence-corrected chi connectivity index (χ3v) is 8.69. The summed E-state index contributed by atoms with van der Waals surface area (Å²) in [7, 11) is 3.53. The van der Waals surface area contributed by atoms with E-state index in [1.54, 1.807) is 84.8 Å². The summed E-state index contributed by atoms with van der Waals surface area (Å²) in [6.07, 6.45) is 4.00. The summed E-state index contributed by atoms with van der Waals surface area (Å²) in [5.74, 6) is 1.62. The second kappa shape index (κ2) is 22.8. The number of benzene rings is 4. The van der Waals surface area contributed by atoms with Crippen molar-refractivity contribution in [2.45, 2.75) is 25.0 Å². The highest BCUT2D eigenvalue weighted by atomic mass is 19.1. The van der Waals surface area contributed by atoms with Crippen LogP contribution in [-0.2, 0) is 9.59 Å². The Morgan fingerprint density at radius 2 is 0.932 bits per heavy atom. The van der Waals surface area contributed by atoms with Gasteiger partial charge in [-0.1, -0.05) is 54.6 Å². The molecule has 6 aromatic rings. The molecule has 2 atom stereocenters. The lowest BCUT2D eigenvalue weighted by Gasteiger charge is -2.22. The number of ether oxygens (including phenoxy) is 4. The Kier molecular flexibility index (Phi) is 16.7. The SMILES string of the molecule is CN(CCC(Oc1ccc(Oc2ccccn2)cc1)c1ccc(F)cc1)CC(=O)O.CN(CCC(Oc1ccc(Oc2ccccn2)cc1)c1ccccc1)CC(=O)O. The number of aliphatic carboxylic acids is 2. The van der Waals surface area contributed by atoms with Crippen molar-refractivity contribution in [1.82, 2.24) is 19.8 Å². The van der Waals surface area contributed by atoms with Crippen LogP contribution in [0.25, 0.3) is 0 Å². The second-order valence-electron chi connectivity index (χ2n) is 13.5. The van der Waals surface area contributed by atoms with E-state index in [-0.39, 0.29) is 31.1 Å². The van der Waals surface area contributed by atoms with Crippen molar-refractivity contribution in [2.24, 2.45) is 0 Å². The van der Waals surface area contributed by atoms with Gasteiger partial charge in [-0.15, -0.1) is 0 Å². The van der Waals surface area contributed by atoms with Gasteiger partial charge < -0.3 is 29.2 Å². The molecule has 12 nitrogen and oxygen atoms in total. The molecule has 0 aliphatic carbocycles. The van der Waals surface area contributed by atoms with Crippen molar-refractivity contribution >= 4 is 11.9 Å². The molecule has 2 aromatic heterocycles. The van der Waals surface area contributed by atoms with Gasteiger partial charge in [-0.05, 0) is 98.0 Å². The van der Waals surface area contributed by atoms with Crippen molar-refractivity contribution in [3.63, 3.8) is 0 Å². The summed E-state index contributed by atoms with van der Waals surface area (Å²) >= 11 is 0. The summed E-state index contributed by atoms with van der Waals surface area (Å²) < 4.78 is 37.1. The molecular weight excluding hydrogens is 756 g/mol. The molecule has 0 spiro atoms. The van der Waals surface area contributed by atoms with E-state index in [4.69, 9.17) is 29.2 Å². The molecule has 0 saturated carbocycles. The minimum absolute atomic E-state index is 0.00106. The first-order valence-electron chi connectivity index (χ1n) is 18.9. The first kappa shape index (κ1) is 43.3. The van der Waals surface area contributed by atoms with Gasteiger partial charge in [0.25, 0.3) is 0 Å². The van der Waals surface area contributed by atoms with E-state index in [1.807, 2.05) is 78.9 Å². The monoisotopic (exact) mass is 802 g/mol. The van der Waals surface area contributed by atoms with Crippen molar-refractivity contribution in [3.8, 4) is 34.8 Å². The molecule has 0 aliphatic heterocycles. The van der Waals surface area contributed by atoms with E-state index < -0.39 is 11.9 Å². The molecule has 2 unspecified atom stereocenters.